The Morgan fingerprint density at radius 1 is 1.28 bits per heavy atom. The van der Waals surface area contributed by atoms with E-state index < -0.39 is 0 Å². The van der Waals surface area contributed by atoms with Gasteiger partial charge in [0.1, 0.15) is 5.76 Å². The summed E-state index contributed by atoms with van der Waals surface area (Å²) in [5.41, 5.74) is 6.78. The lowest BCUT2D eigenvalue weighted by molar-refractivity contribution is 0.492. The Morgan fingerprint density at radius 3 is 2.72 bits per heavy atom. The van der Waals surface area contributed by atoms with Crippen LogP contribution in [0.15, 0.2) is 58.1 Å². The molecule has 0 spiro atoms. The summed E-state index contributed by atoms with van der Waals surface area (Å²) in [6, 6.07) is 13.6. The number of hydrogen-bond donors (Lipinski definition) is 2. The summed E-state index contributed by atoms with van der Waals surface area (Å²) in [5, 5.41) is 3.05. The molecular formula is C14H17N3O. The molecule has 0 amide bonds. The van der Waals surface area contributed by atoms with Crippen molar-refractivity contribution >= 4 is 11.6 Å². The third kappa shape index (κ3) is 3.66. The molecule has 4 heteroatoms. The summed E-state index contributed by atoms with van der Waals surface area (Å²) in [6.45, 7) is 2.00. The van der Waals surface area contributed by atoms with Crippen LogP contribution in [0.1, 0.15) is 12.7 Å². The summed E-state index contributed by atoms with van der Waals surface area (Å²) < 4.78 is 5.27. The number of hydrogen-bond acceptors (Lipinski definition) is 2. The van der Waals surface area contributed by atoms with E-state index in [9.17, 15) is 0 Å². The van der Waals surface area contributed by atoms with Gasteiger partial charge in [-0.3, -0.25) is 0 Å². The second-order valence-electron chi connectivity index (χ2n) is 4.14. The van der Waals surface area contributed by atoms with Crippen molar-refractivity contribution in [3.8, 4) is 0 Å². The fourth-order valence-electron chi connectivity index (χ4n) is 1.70. The molecule has 0 radical (unpaired) electrons. The Balaban J connectivity index is 1.91. The van der Waals surface area contributed by atoms with E-state index in [0.29, 0.717) is 5.96 Å². The fraction of sp³-hybridized carbons (Fsp3) is 0.214. The van der Waals surface area contributed by atoms with Gasteiger partial charge in [0.15, 0.2) is 5.96 Å². The number of nitrogens with one attached hydrogen (secondary N) is 1. The Hall–Kier alpha value is -2.23. The first-order chi connectivity index (χ1) is 8.74. The number of nitrogens with two attached hydrogens (primary N) is 1. The van der Waals surface area contributed by atoms with Gasteiger partial charge in [0.25, 0.3) is 0 Å². The van der Waals surface area contributed by atoms with Crippen LogP contribution in [0.3, 0.4) is 0 Å². The largest absolute Gasteiger partial charge is 0.469 e. The van der Waals surface area contributed by atoms with Crippen LogP contribution < -0.4 is 11.1 Å². The maximum absolute atomic E-state index is 5.84. The normalized spacial score (nSPS) is 13.3. The zero-order valence-corrected chi connectivity index (χ0v) is 10.3. The van der Waals surface area contributed by atoms with Crippen molar-refractivity contribution in [1.82, 2.24) is 0 Å². The third-order valence-electron chi connectivity index (χ3n) is 2.48. The lowest BCUT2D eigenvalue weighted by Gasteiger charge is -2.08. The fourth-order valence-corrected chi connectivity index (χ4v) is 1.70. The number of rotatable bonds is 4. The topological polar surface area (TPSA) is 63.5 Å². The van der Waals surface area contributed by atoms with Crippen LogP contribution in [0.2, 0.25) is 0 Å². The Bertz CT molecular complexity index is 491. The van der Waals surface area contributed by atoms with Crippen LogP contribution in [0.5, 0.6) is 0 Å². The smallest absolute Gasteiger partial charge is 0.193 e. The Kier molecular flexibility index (Phi) is 4.02. The molecule has 2 rings (SSSR count). The summed E-state index contributed by atoms with van der Waals surface area (Å²) in [7, 11) is 0. The summed E-state index contributed by atoms with van der Waals surface area (Å²) >= 11 is 0. The van der Waals surface area contributed by atoms with Crippen molar-refractivity contribution in [2.45, 2.75) is 19.4 Å². The minimum absolute atomic E-state index is 0.0763. The zero-order chi connectivity index (χ0) is 12.8. The van der Waals surface area contributed by atoms with E-state index in [1.807, 2.05) is 49.4 Å². The van der Waals surface area contributed by atoms with Crippen LogP contribution in [0.4, 0.5) is 5.69 Å². The Labute approximate surface area is 107 Å². The molecule has 1 aromatic heterocycles. The number of aliphatic imine (C=N–C) groups is 1. The predicted molar refractivity (Wildman–Crippen MR) is 73.6 cm³/mol. The molecule has 0 fully saturated rings. The maximum Gasteiger partial charge on any atom is 0.193 e. The van der Waals surface area contributed by atoms with E-state index in [1.165, 1.54) is 0 Å². The average molecular weight is 243 g/mol. The van der Waals surface area contributed by atoms with E-state index in [2.05, 4.69) is 10.3 Å². The molecule has 18 heavy (non-hydrogen) atoms. The zero-order valence-electron chi connectivity index (χ0n) is 10.3. The number of anilines is 1. The lowest BCUT2D eigenvalue weighted by atomic mass is 10.2. The molecule has 0 saturated heterocycles. The lowest BCUT2D eigenvalue weighted by Crippen LogP contribution is -2.25. The quantitative estimate of drug-likeness (QED) is 0.641. The molecule has 1 atom stereocenters. The SMILES string of the molecule is CC(Cc1ccco1)N=C(N)Nc1ccccc1. The first kappa shape index (κ1) is 12.2. The second kappa shape index (κ2) is 5.91. The highest BCUT2D eigenvalue weighted by Crippen LogP contribution is 2.07. The van der Waals surface area contributed by atoms with Gasteiger partial charge in [-0.05, 0) is 31.2 Å². The van der Waals surface area contributed by atoms with E-state index in [0.717, 1.165) is 17.9 Å². The minimum Gasteiger partial charge on any atom is -0.469 e. The molecule has 94 valence electrons. The molecule has 1 heterocycles. The Morgan fingerprint density at radius 2 is 2.06 bits per heavy atom. The highest BCUT2D eigenvalue weighted by atomic mass is 16.3. The number of nitrogens with zero attached hydrogens (tertiary/aromatic N) is 1. The molecule has 4 nitrogen and oxygen atoms in total. The van der Waals surface area contributed by atoms with Gasteiger partial charge in [0.2, 0.25) is 0 Å². The van der Waals surface area contributed by atoms with E-state index in [-0.39, 0.29) is 6.04 Å². The van der Waals surface area contributed by atoms with Crippen LogP contribution in [0.25, 0.3) is 0 Å². The molecule has 0 aliphatic carbocycles. The molecule has 3 N–H and O–H groups in total. The van der Waals surface area contributed by atoms with Gasteiger partial charge in [-0.2, -0.15) is 0 Å². The highest BCUT2D eigenvalue weighted by Gasteiger charge is 2.04. The molecular weight excluding hydrogens is 226 g/mol. The number of furan rings is 1. The van der Waals surface area contributed by atoms with E-state index in [4.69, 9.17) is 10.2 Å². The van der Waals surface area contributed by atoms with Gasteiger partial charge in [0, 0.05) is 12.1 Å². The first-order valence-electron chi connectivity index (χ1n) is 5.92. The minimum atomic E-state index is 0.0763. The summed E-state index contributed by atoms with van der Waals surface area (Å²) in [5.74, 6) is 1.33. The van der Waals surface area contributed by atoms with Crippen LogP contribution in [-0.4, -0.2) is 12.0 Å². The summed E-state index contributed by atoms with van der Waals surface area (Å²) in [6.07, 6.45) is 2.40. The van der Waals surface area contributed by atoms with Crippen molar-refractivity contribution in [3.63, 3.8) is 0 Å². The molecule has 0 bridgehead atoms. The van der Waals surface area contributed by atoms with Crippen molar-refractivity contribution in [3.05, 3.63) is 54.5 Å². The number of guanidine groups is 1. The average Bonchev–Trinajstić information content (AvgIpc) is 2.82. The monoisotopic (exact) mass is 243 g/mol. The molecule has 0 aliphatic heterocycles. The van der Waals surface area contributed by atoms with Gasteiger partial charge in [-0.25, -0.2) is 4.99 Å². The highest BCUT2D eigenvalue weighted by molar-refractivity contribution is 5.92. The van der Waals surface area contributed by atoms with Gasteiger partial charge in [-0.1, -0.05) is 18.2 Å². The molecule has 0 aliphatic rings. The molecule has 0 saturated carbocycles. The van der Waals surface area contributed by atoms with Crippen LogP contribution in [-0.2, 0) is 6.42 Å². The second-order valence-corrected chi connectivity index (χ2v) is 4.14. The van der Waals surface area contributed by atoms with Gasteiger partial charge >= 0.3 is 0 Å². The number of para-hydroxylation sites is 1. The molecule has 1 aromatic carbocycles. The van der Waals surface area contributed by atoms with Gasteiger partial charge in [0.05, 0.1) is 12.3 Å². The van der Waals surface area contributed by atoms with Gasteiger partial charge < -0.3 is 15.5 Å². The number of benzene rings is 1. The van der Waals surface area contributed by atoms with Gasteiger partial charge in [-0.15, -0.1) is 0 Å². The van der Waals surface area contributed by atoms with Crippen LogP contribution >= 0.6 is 0 Å². The van der Waals surface area contributed by atoms with Crippen LogP contribution in [0, 0.1) is 0 Å². The third-order valence-corrected chi connectivity index (χ3v) is 2.48. The van der Waals surface area contributed by atoms with Crippen molar-refractivity contribution in [1.29, 1.82) is 0 Å². The molecule has 1 unspecified atom stereocenters. The van der Waals surface area contributed by atoms with E-state index >= 15 is 0 Å². The molecule has 2 aromatic rings. The van der Waals surface area contributed by atoms with Crippen molar-refractivity contribution < 1.29 is 4.42 Å². The first-order valence-corrected chi connectivity index (χ1v) is 5.92. The predicted octanol–water partition coefficient (Wildman–Crippen LogP) is 2.64. The van der Waals surface area contributed by atoms with Crippen molar-refractivity contribution in [2.24, 2.45) is 10.7 Å². The standard InChI is InChI=1S/C14H17N3O/c1-11(10-13-8-5-9-18-13)16-14(15)17-12-6-3-2-4-7-12/h2-9,11H,10H2,1H3,(H3,15,16,17). The van der Waals surface area contributed by atoms with E-state index in [1.54, 1.807) is 6.26 Å². The van der Waals surface area contributed by atoms with Crippen molar-refractivity contribution in [2.75, 3.05) is 5.32 Å². The maximum atomic E-state index is 5.84. The summed E-state index contributed by atoms with van der Waals surface area (Å²) in [4.78, 5) is 4.37.